The molecule has 2 nitrogen and oxygen atoms in total. The van der Waals surface area contributed by atoms with Crippen molar-refractivity contribution in [2.75, 3.05) is 0 Å². The van der Waals surface area contributed by atoms with Gasteiger partial charge in [-0.05, 0) is 18.6 Å². The maximum atomic E-state index is 12.6. The lowest BCUT2D eigenvalue weighted by Gasteiger charge is -2.21. The predicted octanol–water partition coefficient (Wildman–Crippen LogP) is 3.15. The first-order valence-corrected chi connectivity index (χ1v) is 5.37. The lowest BCUT2D eigenvalue weighted by molar-refractivity contribution is -0.154. The summed E-state index contributed by atoms with van der Waals surface area (Å²) < 4.78 is 37.7. The topological polar surface area (TPSA) is 29.1 Å². The Labute approximate surface area is 97.8 Å². The van der Waals surface area contributed by atoms with Gasteiger partial charge in [0.1, 0.15) is 6.04 Å². The van der Waals surface area contributed by atoms with Crippen LogP contribution in [0.3, 0.4) is 0 Å². The van der Waals surface area contributed by atoms with Gasteiger partial charge < -0.3 is 5.32 Å². The first-order valence-electron chi connectivity index (χ1n) is 5.37. The zero-order valence-corrected chi connectivity index (χ0v) is 9.42. The summed E-state index contributed by atoms with van der Waals surface area (Å²) >= 11 is 0. The van der Waals surface area contributed by atoms with E-state index in [4.69, 9.17) is 0 Å². The molecule has 1 rings (SSSR count). The normalized spacial score (nSPS) is 13.2. The number of carbonyl (C=O) groups excluding carboxylic acids is 1. The van der Waals surface area contributed by atoms with Gasteiger partial charge in [0.15, 0.2) is 0 Å². The average Bonchev–Trinajstić information content (AvgIpc) is 2.28. The lowest BCUT2D eigenvalue weighted by atomic mass is 10.1. The molecule has 94 valence electrons. The van der Waals surface area contributed by atoms with Gasteiger partial charge in [-0.2, -0.15) is 13.2 Å². The Morgan fingerprint density at radius 3 is 2.35 bits per heavy atom. The lowest BCUT2D eigenvalue weighted by Crippen LogP contribution is -2.45. The highest BCUT2D eigenvalue weighted by atomic mass is 19.4. The Balaban J connectivity index is 2.71. The summed E-state index contributed by atoms with van der Waals surface area (Å²) in [6.45, 7) is 1.65. The van der Waals surface area contributed by atoms with Crippen LogP contribution in [0.2, 0.25) is 0 Å². The standard InChI is InChI=1S/C12H14F3NO/c1-2-6-10(12(13,14)15)16-11(17)9-7-4-3-5-8-9/h3-5,7-8,10H,2,6H2,1H3,(H,16,17)/t10-/m1/s1. The van der Waals surface area contributed by atoms with Crippen LogP contribution in [0.4, 0.5) is 13.2 Å². The van der Waals surface area contributed by atoms with Crippen LogP contribution in [0, 0.1) is 0 Å². The van der Waals surface area contributed by atoms with Crippen molar-refractivity contribution < 1.29 is 18.0 Å². The third-order valence-electron chi connectivity index (χ3n) is 2.31. The molecule has 0 heterocycles. The summed E-state index contributed by atoms with van der Waals surface area (Å²) in [5.41, 5.74) is 0.234. The van der Waals surface area contributed by atoms with Crippen LogP contribution in [0.25, 0.3) is 0 Å². The molecule has 1 aromatic carbocycles. The average molecular weight is 245 g/mol. The fourth-order valence-corrected chi connectivity index (χ4v) is 1.44. The number of amides is 1. The SMILES string of the molecule is CCC[C@@H](NC(=O)c1ccccc1)C(F)(F)F. The molecule has 0 saturated carbocycles. The number of hydrogen-bond acceptors (Lipinski definition) is 1. The van der Waals surface area contributed by atoms with Gasteiger partial charge in [-0.1, -0.05) is 31.5 Å². The second-order valence-electron chi connectivity index (χ2n) is 3.72. The van der Waals surface area contributed by atoms with Gasteiger partial charge in [0, 0.05) is 5.56 Å². The van der Waals surface area contributed by atoms with Gasteiger partial charge in [0.05, 0.1) is 0 Å². The molecular weight excluding hydrogens is 231 g/mol. The quantitative estimate of drug-likeness (QED) is 0.867. The van der Waals surface area contributed by atoms with Gasteiger partial charge >= 0.3 is 6.18 Å². The molecule has 0 aliphatic carbocycles. The van der Waals surface area contributed by atoms with Crippen LogP contribution in [-0.2, 0) is 0 Å². The summed E-state index contributed by atoms with van der Waals surface area (Å²) in [5.74, 6) is -0.693. The first kappa shape index (κ1) is 13.5. The Morgan fingerprint density at radius 2 is 1.88 bits per heavy atom. The Hall–Kier alpha value is -1.52. The Kier molecular flexibility index (Phi) is 4.54. The van der Waals surface area contributed by atoms with E-state index in [1.165, 1.54) is 12.1 Å². The van der Waals surface area contributed by atoms with Crippen molar-refractivity contribution >= 4 is 5.91 Å². The molecule has 0 spiro atoms. The Bertz CT molecular complexity index is 362. The Morgan fingerprint density at radius 1 is 1.29 bits per heavy atom. The smallest absolute Gasteiger partial charge is 0.340 e. The van der Waals surface area contributed by atoms with Crippen LogP contribution in [0.15, 0.2) is 30.3 Å². The minimum atomic E-state index is -4.40. The second kappa shape index (κ2) is 5.70. The molecule has 1 aromatic rings. The maximum Gasteiger partial charge on any atom is 0.408 e. The van der Waals surface area contributed by atoms with Crippen LogP contribution in [-0.4, -0.2) is 18.1 Å². The number of halogens is 3. The molecule has 0 aliphatic heterocycles. The number of rotatable bonds is 4. The number of hydrogen-bond donors (Lipinski definition) is 1. The van der Waals surface area contributed by atoms with E-state index in [2.05, 4.69) is 0 Å². The van der Waals surface area contributed by atoms with E-state index >= 15 is 0 Å². The van der Waals surface area contributed by atoms with Crippen LogP contribution < -0.4 is 5.32 Å². The third kappa shape index (κ3) is 4.09. The van der Waals surface area contributed by atoms with Crippen LogP contribution in [0.5, 0.6) is 0 Å². The molecule has 0 aliphatic rings. The molecule has 0 aromatic heterocycles. The van der Waals surface area contributed by atoms with Crippen molar-refractivity contribution in [3.05, 3.63) is 35.9 Å². The summed E-state index contributed by atoms with van der Waals surface area (Å²) in [4.78, 5) is 11.6. The van der Waals surface area contributed by atoms with Gasteiger partial charge in [-0.15, -0.1) is 0 Å². The van der Waals surface area contributed by atoms with Crippen molar-refractivity contribution in [3.8, 4) is 0 Å². The zero-order chi connectivity index (χ0) is 12.9. The largest absolute Gasteiger partial charge is 0.408 e. The van der Waals surface area contributed by atoms with E-state index in [0.29, 0.717) is 6.42 Å². The van der Waals surface area contributed by atoms with Crippen LogP contribution in [0.1, 0.15) is 30.1 Å². The van der Waals surface area contributed by atoms with Crippen LogP contribution >= 0.6 is 0 Å². The van der Waals surface area contributed by atoms with Gasteiger partial charge in [-0.3, -0.25) is 4.79 Å². The van der Waals surface area contributed by atoms with Crippen molar-refractivity contribution in [2.45, 2.75) is 32.0 Å². The molecule has 1 amide bonds. The van der Waals surface area contributed by atoms with Crippen molar-refractivity contribution in [3.63, 3.8) is 0 Å². The highest BCUT2D eigenvalue weighted by Crippen LogP contribution is 2.23. The van der Waals surface area contributed by atoms with Gasteiger partial charge in [0.2, 0.25) is 0 Å². The predicted molar refractivity (Wildman–Crippen MR) is 58.7 cm³/mol. The summed E-state index contributed by atoms with van der Waals surface area (Å²) in [7, 11) is 0. The molecule has 17 heavy (non-hydrogen) atoms. The van der Waals surface area contributed by atoms with E-state index in [0.717, 1.165) is 0 Å². The van der Waals surface area contributed by atoms with Crippen molar-refractivity contribution in [1.29, 1.82) is 0 Å². The van der Waals surface area contributed by atoms with E-state index in [9.17, 15) is 18.0 Å². The molecule has 0 bridgehead atoms. The fourth-order valence-electron chi connectivity index (χ4n) is 1.44. The minimum Gasteiger partial charge on any atom is -0.340 e. The van der Waals surface area contributed by atoms with Crippen molar-refractivity contribution in [1.82, 2.24) is 5.32 Å². The maximum absolute atomic E-state index is 12.6. The molecular formula is C12H14F3NO. The highest BCUT2D eigenvalue weighted by molar-refractivity contribution is 5.94. The summed E-state index contributed by atoms with van der Waals surface area (Å²) in [6.07, 6.45) is -4.15. The highest BCUT2D eigenvalue weighted by Gasteiger charge is 2.39. The zero-order valence-electron chi connectivity index (χ0n) is 9.42. The van der Waals surface area contributed by atoms with Gasteiger partial charge in [-0.25, -0.2) is 0 Å². The van der Waals surface area contributed by atoms with Gasteiger partial charge in [0.25, 0.3) is 5.91 Å². The summed E-state index contributed by atoms with van der Waals surface area (Å²) in [6, 6.07) is 6.10. The molecule has 0 saturated heterocycles. The minimum absolute atomic E-state index is 0.109. The number of alkyl halides is 3. The van der Waals surface area contributed by atoms with Crippen molar-refractivity contribution in [2.24, 2.45) is 0 Å². The molecule has 1 atom stereocenters. The van der Waals surface area contributed by atoms with E-state index in [1.54, 1.807) is 25.1 Å². The molecule has 0 radical (unpaired) electrons. The van der Waals surface area contributed by atoms with E-state index < -0.39 is 18.1 Å². The van der Waals surface area contributed by atoms with E-state index in [-0.39, 0.29) is 12.0 Å². The number of carbonyl (C=O) groups is 1. The summed E-state index contributed by atoms with van der Waals surface area (Å²) in [5, 5.41) is 2.01. The van der Waals surface area contributed by atoms with E-state index in [1.807, 2.05) is 5.32 Å². The molecule has 0 fully saturated rings. The number of benzene rings is 1. The monoisotopic (exact) mass is 245 g/mol. The first-order chi connectivity index (χ1) is 7.95. The fraction of sp³-hybridized carbons (Fsp3) is 0.417. The number of nitrogens with one attached hydrogen (secondary N) is 1. The molecule has 0 unspecified atom stereocenters. The molecule has 5 heteroatoms. The molecule has 1 N–H and O–H groups in total. The third-order valence-corrected chi connectivity index (χ3v) is 2.31. The second-order valence-corrected chi connectivity index (χ2v) is 3.72.